The van der Waals surface area contributed by atoms with Crippen LogP contribution in [-0.4, -0.2) is 38.2 Å². The van der Waals surface area contributed by atoms with E-state index in [-0.39, 0.29) is 11.4 Å². The van der Waals surface area contributed by atoms with E-state index in [4.69, 9.17) is 4.98 Å². The van der Waals surface area contributed by atoms with E-state index in [1.54, 1.807) is 17.8 Å². The second kappa shape index (κ2) is 8.35. The predicted octanol–water partition coefficient (Wildman–Crippen LogP) is 6.55. The maximum absolute atomic E-state index is 13.2. The van der Waals surface area contributed by atoms with Crippen LogP contribution in [0, 0.1) is 6.20 Å². The van der Waals surface area contributed by atoms with Crippen LogP contribution < -0.4 is 0 Å². The van der Waals surface area contributed by atoms with Crippen LogP contribution in [0.1, 0.15) is 42.8 Å². The molecule has 167 valence electrons. The zero-order valence-corrected chi connectivity index (χ0v) is 19.2. The minimum absolute atomic E-state index is 0.0348. The third-order valence-electron chi connectivity index (χ3n) is 5.83. The summed E-state index contributed by atoms with van der Waals surface area (Å²) in [4.78, 5) is 10.2. The van der Waals surface area contributed by atoms with Gasteiger partial charge in [0, 0.05) is 16.3 Å². The van der Waals surface area contributed by atoms with Gasteiger partial charge in [0.05, 0.1) is 34.2 Å². The summed E-state index contributed by atoms with van der Waals surface area (Å²) in [5.41, 5.74) is 1.87. The monoisotopic (exact) mass is 475 g/mol. The molecular weight excluding hydrogens is 453 g/mol. The van der Waals surface area contributed by atoms with Crippen molar-refractivity contribution in [2.24, 2.45) is 0 Å². The molecule has 0 bridgehead atoms. The Morgan fingerprint density at radius 1 is 1.22 bits per heavy atom. The fraction of sp³-hybridized carbons (Fsp3) is 0.348. The molecule has 32 heavy (non-hydrogen) atoms. The van der Waals surface area contributed by atoms with Crippen LogP contribution in [0.2, 0.25) is 0 Å². The van der Waals surface area contributed by atoms with E-state index in [0.717, 1.165) is 47.2 Å². The van der Waals surface area contributed by atoms with Crippen molar-refractivity contribution < 1.29 is 13.2 Å². The number of thioether (sulfide) groups is 2. The first-order valence-corrected chi connectivity index (χ1v) is 12.5. The SMILES string of the molecule is CSc1ccc2nc([C@@H]3CCCN3N3[C]=C(c4cccc(C(F)(F)F)c4)SC3C)[nH]c2c1. The van der Waals surface area contributed by atoms with Crippen molar-refractivity contribution in [1.82, 2.24) is 20.0 Å². The van der Waals surface area contributed by atoms with Gasteiger partial charge in [-0.2, -0.15) is 13.2 Å². The standard InChI is InChI=1S/C23H22F3N4S2/c1-14-30(13-21(32-14)15-5-3-6-16(11-15)23(24,25)26)29-10-4-7-20(29)22-27-18-9-8-17(31-2)12-19(18)28-22/h3,5-6,8-9,11-12,14,20H,4,7,10H2,1-2H3,(H,27,28)/t14?,20-/m0/s1. The van der Waals surface area contributed by atoms with Gasteiger partial charge in [-0.25, -0.2) is 9.99 Å². The summed E-state index contributed by atoms with van der Waals surface area (Å²) in [5, 5.41) is 4.32. The molecule has 1 saturated heterocycles. The van der Waals surface area contributed by atoms with Crippen molar-refractivity contribution in [3.63, 3.8) is 0 Å². The quantitative estimate of drug-likeness (QED) is 0.433. The molecule has 0 saturated carbocycles. The van der Waals surface area contributed by atoms with Crippen molar-refractivity contribution in [3.8, 4) is 0 Å². The van der Waals surface area contributed by atoms with Crippen molar-refractivity contribution in [1.29, 1.82) is 0 Å². The van der Waals surface area contributed by atoms with Gasteiger partial charge in [0.15, 0.2) is 0 Å². The number of rotatable bonds is 4. The Balaban J connectivity index is 1.43. The number of benzene rings is 2. The van der Waals surface area contributed by atoms with Crippen molar-refractivity contribution in [2.75, 3.05) is 12.8 Å². The Hall–Kier alpha value is -2.10. The van der Waals surface area contributed by atoms with Gasteiger partial charge in [-0.15, -0.1) is 11.8 Å². The second-order valence-corrected chi connectivity index (χ2v) is 10.1. The normalized spacial score (nSPS) is 22.2. The summed E-state index contributed by atoms with van der Waals surface area (Å²) in [6.07, 6.45) is 3.03. The van der Waals surface area contributed by atoms with Crippen LogP contribution in [0.25, 0.3) is 15.9 Å². The molecule has 2 aliphatic heterocycles. The van der Waals surface area contributed by atoms with Crippen molar-refractivity contribution in [3.05, 3.63) is 65.6 Å². The lowest BCUT2D eigenvalue weighted by atomic mass is 10.1. The topological polar surface area (TPSA) is 35.2 Å². The maximum atomic E-state index is 13.2. The number of fused-ring (bicyclic) bond motifs is 1. The van der Waals surface area contributed by atoms with Gasteiger partial charge in [0.1, 0.15) is 5.82 Å². The second-order valence-electron chi connectivity index (χ2n) is 7.91. The predicted molar refractivity (Wildman–Crippen MR) is 124 cm³/mol. The van der Waals surface area contributed by atoms with E-state index < -0.39 is 11.7 Å². The molecule has 2 atom stereocenters. The fourth-order valence-corrected chi connectivity index (χ4v) is 5.73. The highest BCUT2D eigenvalue weighted by atomic mass is 32.2. The minimum Gasteiger partial charge on any atom is -0.341 e. The third kappa shape index (κ3) is 4.02. The van der Waals surface area contributed by atoms with Gasteiger partial charge >= 0.3 is 6.18 Å². The number of alkyl halides is 3. The number of aromatic nitrogens is 2. The van der Waals surface area contributed by atoms with Gasteiger partial charge in [-0.05, 0) is 61.9 Å². The maximum Gasteiger partial charge on any atom is 0.416 e. The Labute approximate surface area is 193 Å². The summed E-state index contributed by atoms with van der Waals surface area (Å²) in [6.45, 7) is 2.91. The number of halogens is 3. The van der Waals surface area contributed by atoms with Crippen LogP contribution in [0.4, 0.5) is 13.2 Å². The molecule has 0 amide bonds. The lowest BCUT2D eigenvalue weighted by Crippen LogP contribution is -2.41. The molecule has 0 spiro atoms. The van der Waals surface area contributed by atoms with Gasteiger partial charge in [0.2, 0.25) is 0 Å². The molecule has 1 N–H and O–H groups in total. The van der Waals surface area contributed by atoms with E-state index >= 15 is 0 Å². The van der Waals surface area contributed by atoms with Gasteiger partial charge in [0.25, 0.3) is 0 Å². The molecule has 1 fully saturated rings. The van der Waals surface area contributed by atoms with Crippen LogP contribution in [0.15, 0.2) is 47.4 Å². The zero-order valence-electron chi connectivity index (χ0n) is 17.6. The number of imidazole rings is 1. The Kier molecular flexibility index (Phi) is 5.67. The third-order valence-corrected chi connectivity index (χ3v) is 7.65. The summed E-state index contributed by atoms with van der Waals surface area (Å²) >= 11 is 3.22. The zero-order chi connectivity index (χ0) is 22.5. The first-order valence-electron chi connectivity index (χ1n) is 10.4. The van der Waals surface area contributed by atoms with Crippen molar-refractivity contribution >= 4 is 39.5 Å². The number of aromatic amines is 1. The number of nitrogens with zero attached hydrogens (tertiary/aromatic N) is 3. The highest BCUT2D eigenvalue weighted by Gasteiger charge is 2.38. The highest BCUT2D eigenvalue weighted by Crippen LogP contribution is 2.44. The average molecular weight is 476 g/mol. The highest BCUT2D eigenvalue weighted by molar-refractivity contribution is 8.09. The lowest BCUT2D eigenvalue weighted by molar-refractivity contribution is -0.137. The van der Waals surface area contributed by atoms with Crippen LogP contribution >= 0.6 is 23.5 Å². The minimum atomic E-state index is -4.36. The molecule has 9 heteroatoms. The Bertz CT molecular complexity index is 1170. The summed E-state index contributed by atoms with van der Waals surface area (Å²) in [6, 6.07) is 11.8. The molecule has 0 aliphatic carbocycles. The molecule has 4 nitrogen and oxygen atoms in total. The molecule has 3 heterocycles. The number of hydrogen-bond donors (Lipinski definition) is 1. The van der Waals surface area contributed by atoms with E-state index in [1.807, 2.05) is 17.3 Å². The van der Waals surface area contributed by atoms with Crippen molar-refractivity contribution in [2.45, 2.75) is 42.3 Å². The fourth-order valence-electron chi connectivity index (χ4n) is 4.26. The number of nitrogens with one attached hydrogen (secondary N) is 1. The van der Waals surface area contributed by atoms with Gasteiger partial charge in [-0.3, -0.25) is 5.01 Å². The van der Waals surface area contributed by atoms with E-state index in [0.29, 0.717) is 5.56 Å². The number of H-pyrrole nitrogens is 1. The largest absolute Gasteiger partial charge is 0.416 e. The smallest absolute Gasteiger partial charge is 0.341 e. The number of hydrazine groups is 1. The van der Waals surface area contributed by atoms with Crippen LogP contribution in [0.5, 0.6) is 0 Å². The molecule has 2 aromatic carbocycles. The molecule has 5 rings (SSSR count). The summed E-state index contributed by atoms with van der Waals surface area (Å²) in [5.74, 6) is 0.919. The molecule has 1 aromatic heterocycles. The first-order chi connectivity index (χ1) is 15.3. The molecular formula is C23H22F3N4S2. The Morgan fingerprint density at radius 2 is 2.06 bits per heavy atom. The molecule has 2 aliphatic rings. The van der Waals surface area contributed by atoms with Crippen LogP contribution in [0.3, 0.4) is 0 Å². The van der Waals surface area contributed by atoms with Gasteiger partial charge in [-0.1, -0.05) is 23.9 Å². The van der Waals surface area contributed by atoms with Crippen LogP contribution in [-0.2, 0) is 6.18 Å². The van der Waals surface area contributed by atoms with Gasteiger partial charge < -0.3 is 4.98 Å². The Morgan fingerprint density at radius 3 is 2.84 bits per heavy atom. The van der Waals surface area contributed by atoms with E-state index in [2.05, 4.69) is 35.2 Å². The molecule has 3 aromatic rings. The van der Waals surface area contributed by atoms with E-state index in [1.165, 1.54) is 28.8 Å². The van der Waals surface area contributed by atoms with E-state index in [9.17, 15) is 13.2 Å². The summed E-state index contributed by atoms with van der Waals surface area (Å²) in [7, 11) is 0. The molecule has 1 unspecified atom stereocenters. The lowest BCUT2D eigenvalue weighted by Gasteiger charge is -2.34. The first kappa shape index (κ1) is 21.7. The molecule has 1 radical (unpaired) electrons. The average Bonchev–Trinajstić information content (AvgIpc) is 3.49. The summed E-state index contributed by atoms with van der Waals surface area (Å²) < 4.78 is 39.5. The number of hydrogen-bond acceptors (Lipinski definition) is 5.